The molecule has 0 unspecified atom stereocenters. The highest BCUT2D eigenvalue weighted by Crippen LogP contribution is 2.31. The summed E-state index contributed by atoms with van der Waals surface area (Å²) < 4.78 is 7.83. The van der Waals surface area contributed by atoms with Crippen molar-refractivity contribution < 1.29 is 4.74 Å². The van der Waals surface area contributed by atoms with Gasteiger partial charge in [0.25, 0.3) is 0 Å². The molecule has 5 nitrogen and oxygen atoms in total. The van der Waals surface area contributed by atoms with Crippen LogP contribution >= 0.6 is 0 Å². The highest BCUT2D eigenvalue weighted by atomic mass is 16.5. The highest BCUT2D eigenvalue weighted by molar-refractivity contribution is 5.49. The Morgan fingerprint density at radius 3 is 2.73 bits per heavy atom. The molecule has 0 saturated carbocycles. The summed E-state index contributed by atoms with van der Waals surface area (Å²) in [4.78, 5) is 2.25. The predicted molar refractivity (Wildman–Crippen MR) is 102 cm³/mol. The topological polar surface area (TPSA) is 43.2 Å². The average Bonchev–Trinajstić information content (AvgIpc) is 3.31. The first-order chi connectivity index (χ1) is 12.7. The van der Waals surface area contributed by atoms with Crippen LogP contribution < -0.4 is 4.90 Å². The van der Waals surface area contributed by atoms with E-state index < -0.39 is 0 Å². The molecule has 134 valence electrons. The molecule has 5 heteroatoms. The van der Waals surface area contributed by atoms with Crippen molar-refractivity contribution in [3.8, 4) is 0 Å². The van der Waals surface area contributed by atoms with Gasteiger partial charge in [-0.15, -0.1) is 5.10 Å². The number of hydrogen-bond donors (Lipinski definition) is 0. The Balaban J connectivity index is 1.52. The first-order valence-electron chi connectivity index (χ1n) is 9.15. The molecule has 1 aliphatic heterocycles. The number of aromatic nitrogens is 3. The lowest BCUT2D eigenvalue weighted by Crippen LogP contribution is -2.23. The van der Waals surface area contributed by atoms with Crippen LogP contribution in [0.15, 0.2) is 54.7 Å². The lowest BCUT2D eigenvalue weighted by atomic mass is 10.1. The van der Waals surface area contributed by atoms with Crippen LogP contribution in [0.4, 0.5) is 5.69 Å². The summed E-state index contributed by atoms with van der Waals surface area (Å²) in [5.74, 6) is 0. The van der Waals surface area contributed by atoms with Gasteiger partial charge in [0.15, 0.2) is 6.23 Å². The van der Waals surface area contributed by atoms with Crippen molar-refractivity contribution in [3.63, 3.8) is 0 Å². The molecule has 2 aromatic carbocycles. The normalized spacial score (nSPS) is 17.0. The van der Waals surface area contributed by atoms with Gasteiger partial charge in [0.1, 0.15) is 5.69 Å². The monoisotopic (exact) mass is 348 g/mol. The molecule has 4 rings (SSSR count). The van der Waals surface area contributed by atoms with E-state index in [1.54, 1.807) is 0 Å². The van der Waals surface area contributed by atoms with Crippen molar-refractivity contribution in [3.05, 3.63) is 77.1 Å². The molecule has 1 aliphatic rings. The molecule has 1 aromatic heterocycles. The molecular weight excluding hydrogens is 324 g/mol. The second kappa shape index (κ2) is 7.30. The van der Waals surface area contributed by atoms with Crippen molar-refractivity contribution >= 4 is 5.69 Å². The van der Waals surface area contributed by atoms with Gasteiger partial charge in [-0.1, -0.05) is 54.1 Å². The maximum absolute atomic E-state index is 5.96. The number of anilines is 1. The molecule has 2 heterocycles. The Morgan fingerprint density at radius 1 is 1.12 bits per heavy atom. The Hall–Kier alpha value is -2.66. The molecule has 3 aromatic rings. The number of ether oxygens (including phenoxy) is 1. The van der Waals surface area contributed by atoms with E-state index in [1.807, 2.05) is 10.9 Å². The maximum atomic E-state index is 5.96. The Labute approximate surface area is 154 Å². The summed E-state index contributed by atoms with van der Waals surface area (Å²) in [6.07, 6.45) is 2.87. The summed E-state index contributed by atoms with van der Waals surface area (Å²) in [6, 6.07) is 17.2. The molecule has 1 atom stereocenters. The van der Waals surface area contributed by atoms with Gasteiger partial charge < -0.3 is 9.64 Å². The third-order valence-electron chi connectivity index (χ3n) is 4.80. The fraction of sp³-hybridized carbons (Fsp3) is 0.333. The van der Waals surface area contributed by atoms with Crippen molar-refractivity contribution in [1.29, 1.82) is 0 Å². The lowest BCUT2D eigenvalue weighted by Gasteiger charge is -2.23. The second-order valence-electron chi connectivity index (χ2n) is 6.77. The number of benzene rings is 2. The SMILES string of the molecule is CCc1ccc(N2CCO[C@@H]2c2cn(Cc3cccc(C)c3)nn2)cc1. The fourth-order valence-corrected chi connectivity index (χ4v) is 3.40. The standard InChI is InChI=1S/C21H24N4O/c1-3-17-7-9-19(10-8-17)25-11-12-26-21(25)20-15-24(23-22-20)14-18-6-4-5-16(2)13-18/h4-10,13,15,21H,3,11-12,14H2,1-2H3/t21-/m1/s1. The van der Waals surface area contributed by atoms with Crippen molar-refractivity contribution in [1.82, 2.24) is 15.0 Å². The number of nitrogens with zero attached hydrogens (tertiary/aromatic N) is 4. The minimum absolute atomic E-state index is 0.172. The Bertz CT molecular complexity index is 872. The van der Waals surface area contributed by atoms with E-state index in [9.17, 15) is 0 Å². The van der Waals surface area contributed by atoms with Gasteiger partial charge in [-0.05, 0) is 36.6 Å². The molecule has 0 N–H and O–H groups in total. The average molecular weight is 348 g/mol. The molecular formula is C21H24N4O. The highest BCUT2D eigenvalue weighted by Gasteiger charge is 2.29. The van der Waals surface area contributed by atoms with E-state index in [0.29, 0.717) is 13.2 Å². The Morgan fingerprint density at radius 2 is 1.96 bits per heavy atom. The van der Waals surface area contributed by atoms with E-state index in [2.05, 4.69) is 77.6 Å². The second-order valence-corrected chi connectivity index (χ2v) is 6.77. The smallest absolute Gasteiger partial charge is 0.177 e. The van der Waals surface area contributed by atoms with Crippen molar-refractivity contribution in [2.45, 2.75) is 33.0 Å². The Kier molecular flexibility index (Phi) is 4.71. The van der Waals surface area contributed by atoms with E-state index in [-0.39, 0.29) is 6.23 Å². The zero-order chi connectivity index (χ0) is 17.9. The van der Waals surface area contributed by atoms with Crippen molar-refractivity contribution in [2.24, 2.45) is 0 Å². The van der Waals surface area contributed by atoms with Crippen LogP contribution in [-0.2, 0) is 17.7 Å². The van der Waals surface area contributed by atoms with E-state index in [1.165, 1.54) is 16.7 Å². The lowest BCUT2D eigenvalue weighted by molar-refractivity contribution is 0.110. The van der Waals surface area contributed by atoms with E-state index in [0.717, 1.165) is 24.3 Å². The largest absolute Gasteiger partial charge is 0.350 e. The van der Waals surface area contributed by atoms with Gasteiger partial charge in [0.05, 0.1) is 19.3 Å². The van der Waals surface area contributed by atoms with Crippen LogP contribution in [0.5, 0.6) is 0 Å². The van der Waals surface area contributed by atoms with Gasteiger partial charge in [-0.25, -0.2) is 4.68 Å². The molecule has 1 fully saturated rings. The van der Waals surface area contributed by atoms with Gasteiger partial charge in [-0.3, -0.25) is 0 Å². The third-order valence-corrected chi connectivity index (χ3v) is 4.80. The molecule has 1 saturated heterocycles. The molecule has 0 amide bonds. The predicted octanol–water partition coefficient (Wildman–Crippen LogP) is 3.73. The first kappa shape index (κ1) is 16.8. The molecule has 0 spiro atoms. The van der Waals surface area contributed by atoms with Crippen LogP contribution in [0.1, 0.15) is 35.5 Å². The number of hydrogen-bond acceptors (Lipinski definition) is 4. The van der Waals surface area contributed by atoms with Crippen molar-refractivity contribution in [2.75, 3.05) is 18.1 Å². The summed E-state index contributed by atoms with van der Waals surface area (Å²) in [5.41, 5.74) is 5.84. The van der Waals surface area contributed by atoms with Gasteiger partial charge in [0.2, 0.25) is 0 Å². The molecule has 0 bridgehead atoms. The zero-order valence-electron chi connectivity index (χ0n) is 15.3. The summed E-state index contributed by atoms with van der Waals surface area (Å²) in [6.45, 7) is 6.55. The summed E-state index contributed by atoms with van der Waals surface area (Å²) >= 11 is 0. The first-order valence-corrected chi connectivity index (χ1v) is 9.15. The van der Waals surface area contributed by atoms with E-state index >= 15 is 0 Å². The van der Waals surface area contributed by atoms with Gasteiger partial charge in [-0.2, -0.15) is 0 Å². The maximum Gasteiger partial charge on any atom is 0.177 e. The fourth-order valence-electron chi connectivity index (χ4n) is 3.40. The van der Waals surface area contributed by atoms with Crippen LogP contribution in [0.25, 0.3) is 0 Å². The van der Waals surface area contributed by atoms with Crippen LogP contribution in [0, 0.1) is 6.92 Å². The van der Waals surface area contributed by atoms with Crippen LogP contribution in [0.2, 0.25) is 0 Å². The minimum Gasteiger partial charge on any atom is -0.350 e. The van der Waals surface area contributed by atoms with Crippen LogP contribution in [0.3, 0.4) is 0 Å². The summed E-state index contributed by atoms with van der Waals surface area (Å²) in [5, 5.41) is 8.67. The number of aryl methyl sites for hydroxylation is 2. The molecule has 26 heavy (non-hydrogen) atoms. The minimum atomic E-state index is -0.172. The molecule has 0 radical (unpaired) electrons. The summed E-state index contributed by atoms with van der Waals surface area (Å²) in [7, 11) is 0. The molecule has 0 aliphatic carbocycles. The van der Waals surface area contributed by atoms with E-state index in [4.69, 9.17) is 4.74 Å². The zero-order valence-corrected chi connectivity index (χ0v) is 15.3. The number of rotatable bonds is 5. The quantitative estimate of drug-likeness (QED) is 0.705. The van der Waals surface area contributed by atoms with Crippen LogP contribution in [-0.4, -0.2) is 28.1 Å². The van der Waals surface area contributed by atoms with Gasteiger partial charge >= 0.3 is 0 Å². The third kappa shape index (κ3) is 3.48. The van der Waals surface area contributed by atoms with Gasteiger partial charge in [0, 0.05) is 12.2 Å².